The highest BCUT2D eigenvalue weighted by molar-refractivity contribution is 5.94. The summed E-state index contributed by atoms with van der Waals surface area (Å²) in [5.41, 5.74) is 3.75. The monoisotopic (exact) mass is 356 g/mol. The molecule has 3 aromatic rings. The fourth-order valence-electron chi connectivity index (χ4n) is 2.44. The zero-order valence-electron chi connectivity index (χ0n) is 15.1. The third-order valence-electron chi connectivity index (χ3n) is 3.91. The molecule has 0 radical (unpaired) electrons. The molecular formula is C23H20N2O2. The number of ether oxygens (including phenoxy) is 1. The van der Waals surface area contributed by atoms with Crippen molar-refractivity contribution in [3.8, 4) is 28.7 Å². The molecule has 4 nitrogen and oxygen atoms in total. The quantitative estimate of drug-likeness (QED) is 0.706. The molecule has 0 aliphatic rings. The molecule has 0 fully saturated rings. The van der Waals surface area contributed by atoms with E-state index in [1.165, 1.54) is 0 Å². The van der Waals surface area contributed by atoms with Gasteiger partial charge in [0.15, 0.2) is 0 Å². The summed E-state index contributed by atoms with van der Waals surface area (Å²) in [6.45, 7) is 2.45. The predicted molar refractivity (Wildman–Crippen MR) is 106 cm³/mol. The lowest BCUT2D eigenvalue weighted by atomic mass is 10.0. The molecule has 3 rings (SSSR count). The van der Waals surface area contributed by atoms with Crippen molar-refractivity contribution in [2.45, 2.75) is 6.92 Å². The van der Waals surface area contributed by atoms with Crippen molar-refractivity contribution in [3.63, 3.8) is 0 Å². The number of hydrogen-bond acceptors (Lipinski definition) is 3. The molecule has 4 heteroatoms. The van der Waals surface area contributed by atoms with Crippen LogP contribution in [0.25, 0.3) is 11.1 Å². The van der Waals surface area contributed by atoms with Crippen molar-refractivity contribution in [2.75, 3.05) is 13.2 Å². The fourth-order valence-corrected chi connectivity index (χ4v) is 2.44. The molecule has 0 bridgehead atoms. The Morgan fingerprint density at radius 2 is 1.70 bits per heavy atom. The number of carbonyl (C=O) groups is 1. The summed E-state index contributed by atoms with van der Waals surface area (Å²) in [6.07, 6.45) is 1.66. The highest BCUT2D eigenvalue weighted by Crippen LogP contribution is 2.19. The average Bonchev–Trinajstić information content (AvgIpc) is 2.72. The molecule has 134 valence electrons. The van der Waals surface area contributed by atoms with Crippen molar-refractivity contribution in [1.29, 1.82) is 0 Å². The summed E-state index contributed by atoms with van der Waals surface area (Å²) in [4.78, 5) is 16.3. The molecule has 0 aliphatic carbocycles. The van der Waals surface area contributed by atoms with Gasteiger partial charge in [-0.2, -0.15) is 0 Å². The molecule has 0 saturated heterocycles. The van der Waals surface area contributed by atoms with Crippen LogP contribution in [0.1, 0.15) is 16.1 Å². The summed E-state index contributed by atoms with van der Waals surface area (Å²) < 4.78 is 5.46. The van der Waals surface area contributed by atoms with Crippen LogP contribution < -0.4 is 10.1 Å². The van der Waals surface area contributed by atoms with Crippen molar-refractivity contribution in [3.05, 3.63) is 84.2 Å². The first kappa shape index (κ1) is 18.2. The fraction of sp³-hybridized carbons (Fsp3) is 0.130. The lowest BCUT2D eigenvalue weighted by molar-refractivity contribution is 0.0958. The summed E-state index contributed by atoms with van der Waals surface area (Å²) in [6, 6.07) is 21.3. The van der Waals surface area contributed by atoms with Gasteiger partial charge in [0.2, 0.25) is 0 Å². The number of carbonyl (C=O) groups excluding carboxylic acids is 1. The molecule has 0 unspecified atom stereocenters. The Morgan fingerprint density at radius 3 is 2.41 bits per heavy atom. The number of aromatic nitrogens is 1. The van der Waals surface area contributed by atoms with Crippen molar-refractivity contribution in [1.82, 2.24) is 10.3 Å². The van der Waals surface area contributed by atoms with Gasteiger partial charge in [0.1, 0.15) is 12.4 Å². The highest BCUT2D eigenvalue weighted by atomic mass is 16.5. The average molecular weight is 356 g/mol. The molecular weight excluding hydrogens is 336 g/mol. The van der Waals surface area contributed by atoms with Gasteiger partial charge in [0.25, 0.3) is 5.91 Å². The molecule has 0 aliphatic heterocycles. The Morgan fingerprint density at radius 1 is 0.963 bits per heavy atom. The minimum atomic E-state index is -0.146. The molecule has 1 aromatic heterocycles. The van der Waals surface area contributed by atoms with Crippen LogP contribution in [0.2, 0.25) is 0 Å². The van der Waals surface area contributed by atoms with E-state index in [0.717, 1.165) is 16.8 Å². The normalized spacial score (nSPS) is 9.81. The number of amides is 1. The minimum absolute atomic E-state index is 0.146. The molecule has 2 aromatic carbocycles. The zero-order chi connectivity index (χ0) is 18.9. The van der Waals surface area contributed by atoms with Crippen LogP contribution in [0, 0.1) is 18.8 Å². The number of hydrogen-bond donors (Lipinski definition) is 1. The second-order valence-corrected chi connectivity index (χ2v) is 5.90. The van der Waals surface area contributed by atoms with Crippen LogP contribution in [0.15, 0.2) is 72.9 Å². The molecule has 1 amide bonds. The minimum Gasteiger partial charge on any atom is -0.479 e. The maximum absolute atomic E-state index is 12.2. The van der Waals surface area contributed by atoms with Crippen molar-refractivity contribution in [2.24, 2.45) is 0 Å². The predicted octanol–water partition coefficient (Wildman–Crippen LogP) is 3.87. The van der Waals surface area contributed by atoms with Gasteiger partial charge in [-0.15, -0.1) is 0 Å². The molecule has 0 spiro atoms. The number of aryl methyl sites for hydroxylation is 1. The van der Waals surface area contributed by atoms with Crippen LogP contribution in [0.3, 0.4) is 0 Å². The van der Waals surface area contributed by atoms with Gasteiger partial charge in [-0.3, -0.25) is 9.78 Å². The first-order valence-corrected chi connectivity index (χ1v) is 8.67. The Balaban J connectivity index is 1.45. The van der Waals surface area contributed by atoms with Gasteiger partial charge < -0.3 is 10.1 Å². The number of rotatable bonds is 5. The van der Waals surface area contributed by atoms with E-state index in [0.29, 0.717) is 11.3 Å². The van der Waals surface area contributed by atoms with Gasteiger partial charge in [-0.1, -0.05) is 54.3 Å². The van der Waals surface area contributed by atoms with E-state index in [2.05, 4.69) is 22.1 Å². The Bertz CT molecular complexity index is 938. The molecule has 27 heavy (non-hydrogen) atoms. The largest absolute Gasteiger partial charge is 0.479 e. The van der Waals surface area contributed by atoms with Gasteiger partial charge in [-0.25, -0.2) is 0 Å². The first-order chi connectivity index (χ1) is 13.2. The molecule has 0 atom stereocenters. The van der Waals surface area contributed by atoms with Gasteiger partial charge >= 0.3 is 0 Å². The Hall–Kier alpha value is -3.58. The molecule has 1 N–H and O–H groups in total. The summed E-state index contributed by atoms with van der Waals surface area (Å²) in [5.74, 6) is 6.28. The van der Waals surface area contributed by atoms with E-state index in [4.69, 9.17) is 4.74 Å². The number of nitrogens with one attached hydrogen (secondary N) is 1. The van der Waals surface area contributed by atoms with E-state index >= 15 is 0 Å². The molecule has 0 saturated carbocycles. The Kier molecular flexibility index (Phi) is 6.21. The lowest BCUT2D eigenvalue weighted by Crippen LogP contribution is -2.23. The third kappa shape index (κ3) is 5.45. The van der Waals surface area contributed by atoms with Crippen LogP contribution >= 0.6 is 0 Å². The first-order valence-electron chi connectivity index (χ1n) is 8.67. The lowest BCUT2D eigenvalue weighted by Gasteiger charge is -2.04. The standard InChI is InChI=1S/C23H20N2O2/c1-18-9-14-22(17-25-18)27-16-6-5-15-24-23(26)21-12-10-20(11-13-21)19-7-3-2-4-8-19/h2-4,7-14,17H,15-16H2,1H3,(H,24,26). The second-order valence-electron chi connectivity index (χ2n) is 5.90. The third-order valence-corrected chi connectivity index (χ3v) is 3.91. The van der Waals surface area contributed by atoms with E-state index in [-0.39, 0.29) is 19.1 Å². The van der Waals surface area contributed by atoms with Crippen LogP contribution in [0.4, 0.5) is 0 Å². The van der Waals surface area contributed by atoms with E-state index < -0.39 is 0 Å². The Labute approximate surface area is 159 Å². The zero-order valence-corrected chi connectivity index (χ0v) is 15.1. The van der Waals surface area contributed by atoms with Crippen molar-refractivity contribution < 1.29 is 9.53 Å². The topological polar surface area (TPSA) is 51.2 Å². The number of pyridine rings is 1. The van der Waals surface area contributed by atoms with E-state index in [9.17, 15) is 4.79 Å². The summed E-state index contributed by atoms with van der Waals surface area (Å²) >= 11 is 0. The maximum atomic E-state index is 12.2. The van der Waals surface area contributed by atoms with Gasteiger partial charge in [0.05, 0.1) is 12.7 Å². The van der Waals surface area contributed by atoms with Crippen molar-refractivity contribution >= 4 is 5.91 Å². The second kappa shape index (κ2) is 9.21. The van der Waals surface area contributed by atoms with Crippen LogP contribution in [0.5, 0.6) is 5.75 Å². The van der Waals surface area contributed by atoms with Crippen LogP contribution in [-0.2, 0) is 0 Å². The van der Waals surface area contributed by atoms with E-state index in [1.54, 1.807) is 6.20 Å². The van der Waals surface area contributed by atoms with Crippen LogP contribution in [-0.4, -0.2) is 24.0 Å². The summed E-state index contributed by atoms with van der Waals surface area (Å²) in [5, 5.41) is 2.78. The van der Waals surface area contributed by atoms with E-state index in [1.807, 2.05) is 73.7 Å². The summed E-state index contributed by atoms with van der Waals surface area (Å²) in [7, 11) is 0. The van der Waals surface area contributed by atoms with Gasteiger partial charge in [-0.05, 0) is 42.3 Å². The number of nitrogens with zero attached hydrogens (tertiary/aromatic N) is 1. The SMILES string of the molecule is Cc1ccc(OCC#CCNC(=O)c2ccc(-c3ccccc3)cc2)cn1. The van der Waals surface area contributed by atoms with Gasteiger partial charge in [0, 0.05) is 11.3 Å². The highest BCUT2D eigenvalue weighted by Gasteiger charge is 2.04. The maximum Gasteiger partial charge on any atom is 0.252 e. The number of benzene rings is 2. The molecule has 1 heterocycles. The smallest absolute Gasteiger partial charge is 0.252 e.